The molecule has 48 heavy (non-hydrogen) atoms. The number of hydrogen-bond acceptors (Lipinski definition) is 0. The van der Waals surface area contributed by atoms with Crippen molar-refractivity contribution in [2.75, 3.05) is 0 Å². The molecule has 0 saturated carbocycles. The third-order valence-electron chi connectivity index (χ3n) is 9.63. The van der Waals surface area contributed by atoms with Crippen LogP contribution in [0.15, 0.2) is 182 Å². The van der Waals surface area contributed by atoms with E-state index in [2.05, 4.69) is 18.2 Å². The zero-order valence-corrected chi connectivity index (χ0v) is 25.8. The van der Waals surface area contributed by atoms with Crippen LogP contribution < -0.4 is 0 Å². The van der Waals surface area contributed by atoms with Crippen LogP contribution >= 0.6 is 0 Å². The highest BCUT2D eigenvalue weighted by Gasteiger charge is 2.19. The van der Waals surface area contributed by atoms with E-state index in [4.69, 9.17) is 2.74 Å². The Hall–Kier alpha value is -6.24. The molecule has 0 saturated heterocycles. The summed E-state index contributed by atoms with van der Waals surface area (Å²) in [6.45, 7) is 0. The van der Waals surface area contributed by atoms with Crippen molar-refractivity contribution in [3.63, 3.8) is 0 Å². The first-order chi connectivity index (χ1) is 26.7. The summed E-state index contributed by atoms with van der Waals surface area (Å²) >= 11 is 0. The Morgan fingerprint density at radius 3 is 1.67 bits per heavy atom. The van der Waals surface area contributed by atoms with Crippen molar-refractivity contribution in [1.29, 1.82) is 0 Å². The van der Waals surface area contributed by atoms with Gasteiger partial charge in [-0.05, 0) is 116 Å². The minimum absolute atomic E-state index is 0.0258. The van der Waals surface area contributed by atoms with Gasteiger partial charge >= 0.3 is 0 Å². The maximum atomic E-state index is 10.1. The minimum Gasteiger partial charge on any atom is -0.0616 e. The normalized spacial score (nSPS) is 13.8. The van der Waals surface area contributed by atoms with Crippen LogP contribution in [0.5, 0.6) is 0 Å². The van der Waals surface area contributed by atoms with Crippen molar-refractivity contribution < 1.29 is 9.60 Å². The molecule has 10 rings (SSSR count). The Kier molecular flexibility index (Phi) is 4.62. The second kappa shape index (κ2) is 10.7. The van der Waals surface area contributed by atoms with Crippen molar-refractivity contribution in [3.05, 3.63) is 182 Å². The van der Waals surface area contributed by atoms with Crippen LogP contribution in [-0.2, 0) is 0 Å². The van der Waals surface area contributed by atoms with E-state index in [0.29, 0.717) is 44.2 Å². The molecule has 0 fully saturated rings. The van der Waals surface area contributed by atoms with Gasteiger partial charge in [-0.1, -0.05) is 164 Å². The molecule has 0 unspecified atom stereocenters. The van der Waals surface area contributed by atoms with Crippen molar-refractivity contribution in [2.24, 2.45) is 0 Å². The van der Waals surface area contributed by atoms with Gasteiger partial charge < -0.3 is 0 Å². The molecule has 10 aromatic rings. The predicted octanol–water partition coefficient (Wildman–Crippen LogP) is 13.6. The molecular weight excluding hydrogens is 577 g/mol. The smallest absolute Gasteiger partial charge is 0.0616 e. The second-order valence-electron chi connectivity index (χ2n) is 12.3. The molecule has 0 nitrogen and oxygen atoms in total. The molecule has 0 radical (unpaired) electrons. The lowest BCUT2D eigenvalue weighted by molar-refractivity contribution is 1.66. The van der Waals surface area contributed by atoms with Gasteiger partial charge in [0.2, 0.25) is 0 Å². The van der Waals surface area contributed by atoms with E-state index in [-0.39, 0.29) is 53.1 Å². The first kappa shape index (κ1) is 20.8. The molecule has 0 aliphatic rings. The monoisotopic (exact) mass is 613 g/mol. The van der Waals surface area contributed by atoms with Crippen molar-refractivity contribution in [3.8, 4) is 33.4 Å². The third kappa shape index (κ3) is 4.16. The number of hydrogen-bond donors (Lipinski definition) is 0. The Labute approximate surface area is 289 Å². The Morgan fingerprint density at radius 1 is 0.312 bits per heavy atom. The fourth-order valence-corrected chi connectivity index (χ4v) is 7.39. The van der Waals surface area contributed by atoms with Gasteiger partial charge in [0.25, 0.3) is 0 Å². The van der Waals surface area contributed by atoms with E-state index in [1.807, 2.05) is 121 Å². The molecule has 0 aliphatic carbocycles. The molecule has 222 valence electrons. The summed E-state index contributed by atoms with van der Waals surface area (Å²) in [5.74, 6) is 0. The summed E-state index contributed by atoms with van der Waals surface area (Å²) in [6.07, 6.45) is 0. The highest BCUT2D eigenvalue weighted by atomic mass is 14.2. The van der Waals surface area contributed by atoms with E-state index in [1.54, 1.807) is 0 Å². The van der Waals surface area contributed by atoms with Gasteiger partial charge in [0.05, 0.1) is 9.60 Å². The zero-order valence-electron chi connectivity index (χ0n) is 32.8. The molecule has 10 aromatic carbocycles. The maximum absolute atomic E-state index is 10.1. The first-order valence-corrected chi connectivity index (χ1v) is 16.1. The van der Waals surface area contributed by atoms with Crippen LogP contribution in [-0.4, -0.2) is 0 Å². The quantitative estimate of drug-likeness (QED) is 0.137. The molecule has 0 N–H and O–H groups in total. The van der Waals surface area contributed by atoms with Gasteiger partial charge in [0, 0.05) is 0 Å². The number of fused-ring (bicyclic) bond motifs is 7. The lowest BCUT2D eigenvalue weighted by Gasteiger charge is -2.19. The largest absolute Gasteiger partial charge is 0.0636 e. The molecule has 0 spiro atoms. The van der Waals surface area contributed by atoms with Crippen molar-refractivity contribution in [1.82, 2.24) is 0 Å². The zero-order chi connectivity index (χ0) is 37.7. The fraction of sp³-hybridized carbons (Fsp3) is 0. The van der Waals surface area contributed by atoms with Crippen LogP contribution in [0.25, 0.3) is 98.0 Å². The molecular formula is C48H30. The van der Waals surface area contributed by atoms with Crippen LogP contribution in [0.3, 0.4) is 0 Å². The Balaban J connectivity index is 1.46. The molecule has 0 amide bonds. The minimum atomic E-state index is -0.384. The molecule has 0 aromatic heterocycles. The summed E-state index contributed by atoms with van der Waals surface area (Å²) < 4.78 is 66.3. The average Bonchev–Trinajstić information content (AvgIpc) is 3.22. The van der Waals surface area contributed by atoms with E-state index in [0.717, 1.165) is 43.1 Å². The maximum Gasteiger partial charge on any atom is 0.0636 e. The van der Waals surface area contributed by atoms with Crippen molar-refractivity contribution >= 4 is 64.6 Å². The predicted molar refractivity (Wildman–Crippen MR) is 208 cm³/mol. The lowest BCUT2D eigenvalue weighted by atomic mass is 9.84. The highest BCUT2D eigenvalue weighted by Crippen LogP contribution is 2.46. The highest BCUT2D eigenvalue weighted by molar-refractivity contribution is 6.23. The van der Waals surface area contributed by atoms with Crippen LogP contribution in [0.1, 0.15) is 9.60 Å². The molecule has 0 bridgehead atoms. The summed E-state index contributed by atoms with van der Waals surface area (Å²) in [5.41, 5.74) is 3.10. The van der Waals surface area contributed by atoms with E-state index in [1.165, 1.54) is 0 Å². The van der Waals surface area contributed by atoms with E-state index >= 15 is 0 Å². The summed E-state index contributed by atoms with van der Waals surface area (Å²) in [4.78, 5) is 0. The van der Waals surface area contributed by atoms with Gasteiger partial charge in [-0.15, -0.1) is 0 Å². The van der Waals surface area contributed by atoms with E-state index in [9.17, 15) is 6.85 Å². The summed E-state index contributed by atoms with van der Waals surface area (Å²) in [6, 6.07) is 44.2. The van der Waals surface area contributed by atoms with Gasteiger partial charge in [-0.25, -0.2) is 0 Å². The fourth-order valence-electron chi connectivity index (χ4n) is 7.39. The van der Waals surface area contributed by atoms with Crippen LogP contribution in [0.2, 0.25) is 0 Å². The van der Waals surface area contributed by atoms with Crippen LogP contribution in [0.4, 0.5) is 0 Å². The van der Waals surface area contributed by atoms with Crippen LogP contribution in [0, 0.1) is 0 Å². The molecule has 0 heterocycles. The molecule has 0 heteroatoms. The number of benzene rings is 10. The second-order valence-corrected chi connectivity index (χ2v) is 12.3. The average molecular weight is 614 g/mol. The van der Waals surface area contributed by atoms with Gasteiger partial charge in [0.15, 0.2) is 0 Å². The van der Waals surface area contributed by atoms with Gasteiger partial charge in [-0.3, -0.25) is 0 Å². The SMILES string of the molecule is [2H]c1c([2H])c([2H])c2c(-c3ccc4ccccc4c3)c3c([2H])c(-c4cccc5ccccc45)c([2H])c([2H])c3c(-c3ccc4c(ccc5ccccc54)c3)c2c1[2H]. The number of rotatable bonds is 3. The molecule has 0 aliphatic heterocycles. The lowest BCUT2D eigenvalue weighted by Crippen LogP contribution is -1.92. The van der Waals surface area contributed by atoms with Crippen molar-refractivity contribution in [2.45, 2.75) is 0 Å². The standard InChI is InChI=1S/C48H30/c1-2-13-34-28-37(23-20-31(34)10-1)48-44-18-8-7-17-43(44)47(38-25-26-42-35(29-38)22-21-33-12-4-6-16-40(33)42)45-27-24-36(30-46(45)48)41-19-9-14-32-11-3-5-15-39(32)41/h1-30H/i7D,8D,17D,18D,24D,27D,30D. The van der Waals surface area contributed by atoms with Gasteiger partial charge in [-0.2, -0.15) is 0 Å². The summed E-state index contributed by atoms with van der Waals surface area (Å²) in [7, 11) is 0. The first-order valence-electron chi connectivity index (χ1n) is 19.6. The Morgan fingerprint density at radius 2 is 0.854 bits per heavy atom. The Bertz CT molecular complexity index is 3290. The molecule has 0 atom stereocenters. The van der Waals surface area contributed by atoms with Gasteiger partial charge in [0.1, 0.15) is 0 Å². The topological polar surface area (TPSA) is 0 Å². The summed E-state index contributed by atoms with van der Waals surface area (Å²) in [5, 5.41) is 9.05. The third-order valence-corrected chi connectivity index (χ3v) is 9.63. The van der Waals surface area contributed by atoms with E-state index < -0.39 is 0 Å².